The van der Waals surface area contributed by atoms with Crippen LogP contribution in [-0.2, 0) is 0 Å². The normalized spacial score (nSPS) is 10.5. The zero-order valence-electron chi connectivity index (χ0n) is 17.9. The minimum absolute atomic E-state index is 0. The number of ketones is 1. The second-order valence-corrected chi connectivity index (χ2v) is 7.37. The van der Waals surface area contributed by atoms with Crippen LogP contribution in [0.1, 0.15) is 37.7 Å². The van der Waals surface area contributed by atoms with E-state index in [9.17, 15) is 9.59 Å². The van der Waals surface area contributed by atoms with Gasteiger partial charge in [-0.3, -0.25) is 9.59 Å². The van der Waals surface area contributed by atoms with Crippen molar-refractivity contribution >= 4 is 46.8 Å². The highest BCUT2D eigenvalue weighted by Gasteiger charge is 2.17. The standard InChI is InChI=1S/C23H22N6O2.ClH/c1-13-8-14(2)27-20(9-13)29-23-25-10-16(11-26-23)22(31)24-12-19(30)21-15(3)28-18-7-5-4-6-17(18)21;/h4-11,28H,12H2,1-3H3,(H,24,31)(H,25,26,27,29);1H. The van der Waals surface area contributed by atoms with E-state index in [1.54, 1.807) is 0 Å². The van der Waals surface area contributed by atoms with Crippen LogP contribution in [0.5, 0.6) is 0 Å². The van der Waals surface area contributed by atoms with Gasteiger partial charge in [-0.15, -0.1) is 12.4 Å². The summed E-state index contributed by atoms with van der Waals surface area (Å²) < 4.78 is 0. The average Bonchev–Trinajstić information content (AvgIpc) is 3.07. The number of aromatic nitrogens is 4. The predicted octanol–water partition coefficient (Wildman–Crippen LogP) is 4.06. The lowest BCUT2D eigenvalue weighted by Gasteiger charge is -2.07. The van der Waals surface area contributed by atoms with E-state index in [-0.39, 0.29) is 30.3 Å². The van der Waals surface area contributed by atoms with Crippen molar-refractivity contribution in [1.82, 2.24) is 25.3 Å². The second kappa shape index (κ2) is 9.57. The van der Waals surface area contributed by atoms with E-state index in [2.05, 4.69) is 30.6 Å². The first-order valence-electron chi connectivity index (χ1n) is 9.84. The van der Waals surface area contributed by atoms with Crippen LogP contribution in [-0.4, -0.2) is 38.2 Å². The molecule has 8 nitrogen and oxygen atoms in total. The third-order valence-electron chi connectivity index (χ3n) is 4.83. The van der Waals surface area contributed by atoms with E-state index in [1.807, 2.05) is 57.2 Å². The van der Waals surface area contributed by atoms with Crippen molar-refractivity contribution in [2.75, 3.05) is 11.9 Å². The van der Waals surface area contributed by atoms with Gasteiger partial charge in [-0.1, -0.05) is 18.2 Å². The van der Waals surface area contributed by atoms with E-state index in [4.69, 9.17) is 0 Å². The summed E-state index contributed by atoms with van der Waals surface area (Å²) in [6.45, 7) is 5.62. The molecule has 0 aliphatic heterocycles. The first-order valence-corrected chi connectivity index (χ1v) is 9.84. The summed E-state index contributed by atoms with van der Waals surface area (Å²) in [7, 11) is 0. The molecule has 3 heterocycles. The highest BCUT2D eigenvalue weighted by Crippen LogP contribution is 2.22. The van der Waals surface area contributed by atoms with Crippen molar-refractivity contribution in [2.24, 2.45) is 0 Å². The number of nitrogens with zero attached hydrogens (tertiary/aromatic N) is 3. The Balaban J connectivity index is 0.00000289. The van der Waals surface area contributed by atoms with Gasteiger partial charge in [0.15, 0.2) is 5.78 Å². The molecule has 0 aliphatic carbocycles. The molecule has 9 heteroatoms. The minimum atomic E-state index is -0.415. The number of halogens is 1. The number of nitrogens with one attached hydrogen (secondary N) is 3. The molecule has 3 aromatic heterocycles. The summed E-state index contributed by atoms with van der Waals surface area (Å²) in [5, 5.41) is 6.51. The van der Waals surface area contributed by atoms with E-state index in [0.717, 1.165) is 27.9 Å². The molecule has 0 saturated carbocycles. The van der Waals surface area contributed by atoms with E-state index in [1.165, 1.54) is 12.4 Å². The summed E-state index contributed by atoms with van der Waals surface area (Å²) in [5.41, 5.74) is 4.48. The van der Waals surface area contributed by atoms with E-state index >= 15 is 0 Å². The van der Waals surface area contributed by atoms with Crippen LogP contribution in [0.25, 0.3) is 10.9 Å². The molecular weight excluding hydrogens is 428 g/mol. The number of hydrogen-bond donors (Lipinski definition) is 3. The zero-order valence-corrected chi connectivity index (χ0v) is 18.7. The number of pyridine rings is 1. The highest BCUT2D eigenvalue weighted by atomic mass is 35.5. The molecule has 164 valence electrons. The number of H-pyrrole nitrogens is 1. The Morgan fingerprint density at radius 1 is 1.03 bits per heavy atom. The molecule has 1 amide bonds. The van der Waals surface area contributed by atoms with Crippen molar-refractivity contribution in [3.05, 3.63) is 76.9 Å². The molecular formula is C23H23ClN6O2. The molecule has 0 spiro atoms. The molecule has 1 aromatic carbocycles. The Morgan fingerprint density at radius 3 is 2.47 bits per heavy atom. The van der Waals surface area contributed by atoms with Crippen LogP contribution in [0.4, 0.5) is 11.8 Å². The topological polar surface area (TPSA) is 113 Å². The van der Waals surface area contributed by atoms with Crippen LogP contribution < -0.4 is 10.6 Å². The fourth-order valence-electron chi connectivity index (χ4n) is 3.52. The maximum Gasteiger partial charge on any atom is 0.254 e. The first kappa shape index (κ1) is 22.9. The lowest BCUT2D eigenvalue weighted by atomic mass is 10.1. The quantitative estimate of drug-likeness (QED) is 0.382. The number of hydrogen-bond acceptors (Lipinski definition) is 6. The molecule has 0 unspecified atom stereocenters. The summed E-state index contributed by atoms with van der Waals surface area (Å²) >= 11 is 0. The maximum atomic E-state index is 12.7. The lowest BCUT2D eigenvalue weighted by molar-refractivity contribution is 0.0904. The Morgan fingerprint density at radius 2 is 1.75 bits per heavy atom. The van der Waals surface area contributed by atoms with E-state index in [0.29, 0.717) is 17.3 Å². The van der Waals surface area contributed by atoms with Gasteiger partial charge in [0.05, 0.1) is 12.1 Å². The smallest absolute Gasteiger partial charge is 0.254 e. The number of carbonyl (C=O) groups excluding carboxylic acids is 2. The maximum absolute atomic E-state index is 12.7. The molecule has 0 aliphatic rings. The van der Waals surface area contributed by atoms with Gasteiger partial charge in [0.25, 0.3) is 5.91 Å². The number of benzene rings is 1. The summed E-state index contributed by atoms with van der Waals surface area (Å²) in [4.78, 5) is 41.1. The largest absolute Gasteiger partial charge is 0.358 e. The number of amides is 1. The van der Waals surface area contributed by atoms with Gasteiger partial charge in [0.2, 0.25) is 5.95 Å². The van der Waals surface area contributed by atoms with E-state index < -0.39 is 5.91 Å². The Kier molecular flexibility index (Phi) is 6.85. The number of rotatable bonds is 6. The van der Waals surface area contributed by atoms with Gasteiger partial charge in [0.1, 0.15) is 5.82 Å². The number of para-hydroxylation sites is 1. The summed E-state index contributed by atoms with van der Waals surface area (Å²) in [5.74, 6) is 0.388. The Hall–Kier alpha value is -3.78. The Bertz CT molecular complexity index is 1260. The molecule has 0 bridgehead atoms. The number of carbonyl (C=O) groups is 2. The van der Waals surface area contributed by atoms with Gasteiger partial charge < -0.3 is 15.6 Å². The van der Waals surface area contributed by atoms with Crippen molar-refractivity contribution in [1.29, 1.82) is 0 Å². The minimum Gasteiger partial charge on any atom is -0.358 e. The predicted molar refractivity (Wildman–Crippen MR) is 126 cm³/mol. The fraction of sp³-hybridized carbons (Fsp3) is 0.174. The number of aromatic amines is 1. The number of aryl methyl sites for hydroxylation is 3. The number of Topliss-reactive ketones (excluding diaryl/α,β-unsaturated/α-hetero) is 1. The van der Waals surface area contributed by atoms with Crippen LogP contribution >= 0.6 is 12.4 Å². The van der Waals surface area contributed by atoms with Gasteiger partial charge in [-0.25, -0.2) is 15.0 Å². The first-order chi connectivity index (χ1) is 14.9. The molecule has 32 heavy (non-hydrogen) atoms. The van der Waals surface area contributed by atoms with Gasteiger partial charge in [-0.2, -0.15) is 0 Å². The fourth-order valence-corrected chi connectivity index (χ4v) is 3.52. The number of fused-ring (bicyclic) bond motifs is 1. The van der Waals surface area contributed by atoms with Crippen molar-refractivity contribution < 1.29 is 9.59 Å². The van der Waals surface area contributed by atoms with Crippen LogP contribution in [0.3, 0.4) is 0 Å². The molecule has 4 rings (SSSR count). The van der Waals surface area contributed by atoms with Gasteiger partial charge in [0, 0.05) is 40.2 Å². The molecule has 4 aromatic rings. The molecule has 0 radical (unpaired) electrons. The second-order valence-electron chi connectivity index (χ2n) is 7.37. The summed E-state index contributed by atoms with van der Waals surface area (Å²) in [6, 6.07) is 11.4. The van der Waals surface area contributed by atoms with Crippen LogP contribution in [0, 0.1) is 20.8 Å². The monoisotopic (exact) mass is 450 g/mol. The SMILES string of the molecule is Cc1cc(C)nc(Nc2ncc(C(=O)NCC(=O)c3c(C)[nH]c4ccccc34)cn2)c1.Cl. The lowest BCUT2D eigenvalue weighted by Crippen LogP contribution is -2.30. The molecule has 0 saturated heterocycles. The van der Waals surface area contributed by atoms with Crippen molar-refractivity contribution in [3.63, 3.8) is 0 Å². The third kappa shape index (κ3) is 4.92. The van der Waals surface area contributed by atoms with Gasteiger partial charge >= 0.3 is 0 Å². The zero-order chi connectivity index (χ0) is 22.0. The highest BCUT2D eigenvalue weighted by molar-refractivity contribution is 6.11. The molecule has 0 atom stereocenters. The summed E-state index contributed by atoms with van der Waals surface area (Å²) in [6.07, 6.45) is 2.82. The van der Waals surface area contributed by atoms with Gasteiger partial charge in [-0.05, 0) is 44.5 Å². The molecule has 0 fully saturated rings. The average molecular weight is 451 g/mol. The van der Waals surface area contributed by atoms with Crippen LogP contribution in [0.2, 0.25) is 0 Å². The van der Waals surface area contributed by atoms with Crippen molar-refractivity contribution in [3.8, 4) is 0 Å². The molecule has 3 N–H and O–H groups in total. The third-order valence-corrected chi connectivity index (χ3v) is 4.83. The van der Waals surface area contributed by atoms with Crippen molar-refractivity contribution in [2.45, 2.75) is 20.8 Å². The Labute approximate surface area is 191 Å². The van der Waals surface area contributed by atoms with Crippen LogP contribution in [0.15, 0.2) is 48.8 Å². The number of anilines is 2.